The van der Waals surface area contributed by atoms with Crippen LogP contribution in [0.4, 0.5) is 0 Å². The van der Waals surface area contributed by atoms with Crippen molar-refractivity contribution in [3.8, 4) is 17.2 Å². The molecule has 1 heterocycles. The minimum absolute atomic E-state index is 0.0973. The Kier molecular flexibility index (Phi) is 7.83. The van der Waals surface area contributed by atoms with Crippen LogP contribution in [-0.4, -0.2) is 53.2 Å². The fourth-order valence-corrected chi connectivity index (χ4v) is 4.12. The SMILES string of the molecule is COc1cccc(OC)c1OCCNC[C@@H]1COCC(c2ccccc2)(c2ccccc2)O1. The second kappa shape index (κ2) is 11.2. The van der Waals surface area contributed by atoms with Gasteiger partial charge < -0.3 is 29.0 Å². The van der Waals surface area contributed by atoms with Gasteiger partial charge >= 0.3 is 0 Å². The standard InChI is InChI=1S/C27H31NO5/c1-29-24-14-9-15-25(30-2)26(24)32-17-16-28-18-23-19-31-20-27(33-23,21-10-5-3-6-11-21)22-12-7-4-8-13-22/h3-15,23,28H,16-20H2,1-2H3/t23-/m1/s1. The first-order chi connectivity index (χ1) is 16.3. The van der Waals surface area contributed by atoms with Crippen LogP contribution in [0.15, 0.2) is 78.9 Å². The summed E-state index contributed by atoms with van der Waals surface area (Å²) in [5.41, 5.74) is 1.55. The molecule has 3 aromatic carbocycles. The molecular weight excluding hydrogens is 418 g/mol. The third-order valence-corrected chi connectivity index (χ3v) is 5.74. The van der Waals surface area contributed by atoms with E-state index in [2.05, 4.69) is 29.6 Å². The van der Waals surface area contributed by atoms with E-state index in [1.54, 1.807) is 14.2 Å². The van der Waals surface area contributed by atoms with E-state index < -0.39 is 5.60 Å². The lowest BCUT2D eigenvalue weighted by atomic mass is 9.86. The number of rotatable bonds is 10. The Labute approximate surface area is 195 Å². The predicted octanol–water partition coefficient (Wildman–Crippen LogP) is 4.03. The topological polar surface area (TPSA) is 58.2 Å². The van der Waals surface area contributed by atoms with Gasteiger partial charge in [-0.25, -0.2) is 0 Å². The van der Waals surface area contributed by atoms with Crippen molar-refractivity contribution in [2.75, 3.05) is 47.1 Å². The lowest BCUT2D eigenvalue weighted by Crippen LogP contribution is -2.49. The Bertz CT molecular complexity index is 934. The first-order valence-corrected chi connectivity index (χ1v) is 11.2. The van der Waals surface area contributed by atoms with Gasteiger partial charge in [0.25, 0.3) is 0 Å². The summed E-state index contributed by atoms with van der Waals surface area (Å²) < 4.78 is 29.5. The van der Waals surface area contributed by atoms with Crippen LogP contribution >= 0.6 is 0 Å². The van der Waals surface area contributed by atoms with Gasteiger partial charge in [-0.2, -0.15) is 0 Å². The largest absolute Gasteiger partial charge is 0.493 e. The Morgan fingerprint density at radius 1 is 0.848 bits per heavy atom. The van der Waals surface area contributed by atoms with Crippen molar-refractivity contribution in [3.63, 3.8) is 0 Å². The highest BCUT2D eigenvalue weighted by molar-refractivity contribution is 5.51. The van der Waals surface area contributed by atoms with Crippen molar-refractivity contribution < 1.29 is 23.7 Å². The van der Waals surface area contributed by atoms with Gasteiger partial charge in [0.2, 0.25) is 5.75 Å². The van der Waals surface area contributed by atoms with Crippen molar-refractivity contribution in [3.05, 3.63) is 90.0 Å². The van der Waals surface area contributed by atoms with E-state index in [0.29, 0.717) is 50.2 Å². The predicted molar refractivity (Wildman–Crippen MR) is 127 cm³/mol. The lowest BCUT2D eigenvalue weighted by molar-refractivity contribution is -0.183. The van der Waals surface area contributed by atoms with Crippen LogP contribution in [0.25, 0.3) is 0 Å². The van der Waals surface area contributed by atoms with Crippen molar-refractivity contribution in [2.24, 2.45) is 0 Å². The second-order valence-corrected chi connectivity index (χ2v) is 7.86. The van der Waals surface area contributed by atoms with E-state index in [1.165, 1.54) is 0 Å². The second-order valence-electron chi connectivity index (χ2n) is 7.86. The van der Waals surface area contributed by atoms with Crippen molar-refractivity contribution >= 4 is 0 Å². The van der Waals surface area contributed by atoms with Gasteiger partial charge in [-0.05, 0) is 23.3 Å². The zero-order chi connectivity index (χ0) is 22.9. The molecule has 1 saturated heterocycles. The Balaban J connectivity index is 1.37. The van der Waals surface area contributed by atoms with Gasteiger partial charge in [-0.15, -0.1) is 0 Å². The molecule has 0 aliphatic carbocycles. The molecule has 0 spiro atoms. The van der Waals surface area contributed by atoms with Crippen LogP contribution in [0.5, 0.6) is 17.2 Å². The van der Waals surface area contributed by atoms with Crippen LogP contribution in [0, 0.1) is 0 Å². The van der Waals surface area contributed by atoms with Gasteiger partial charge in [-0.1, -0.05) is 66.7 Å². The molecule has 0 aromatic heterocycles. The number of nitrogens with one attached hydrogen (secondary N) is 1. The van der Waals surface area contributed by atoms with Crippen LogP contribution in [0.1, 0.15) is 11.1 Å². The molecular formula is C27H31NO5. The molecule has 0 radical (unpaired) electrons. The number of para-hydroxylation sites is 1. The Morgan fingerprint density at radius 3 is 2.03 bits per heavy atom. The van der Waals surface area contributed by atoms with Crippen molar-refractivity contribution in [1.82, 2.24) is 5.32 Å². The van der Waals surface area contributed by atoms with Gasteiger partial charge in [0.1, 0.15) is 12.2 Å². The third-order valence-electron chi connectivity index (χ3n) is 5.74. The average Bonchev–Trinajstić information content (AvgIpc) is 2.89. The monoisotopic (exact) mass is 449 g/mol. The van der Waals surface area contributed by atoms with E-state index in [9.17, 15) is 0 Å². The molecule has 6 heteroatoms. The Hall–Kier alpha value is -3.06. The summed E-state index contributed by atoms with van der Waals surface area (Å²) in [6.07, 6.45) is -0.0973. The molecule has 1 aliphatic rings. The molecule has 1 atom stereocenters. The number of methoxy groups -OCH3 is 2. The molecule has 6 nitrogen and oxygen atoms in total. The number of hydrogen-bond donors (Lipinski definition) is 1. The number of ether oxygens (including phenoxy) is 5. The van der Waals surface area contributed by atoms with Gasteiger partial charge in [0.05, 0.1) is 33.5 Å². The lowest BCUT2D eigenvalue weighted by Gasteiger charge is -2.42. The molecule has 1 N–H and O–H groups in total. The van der Waals surface area contributed by atoms with Crippen LogP contribution < -0.4 is 19.5 Å². The van der Waals surface area contributed by atoms with Crippen LogP contribution in [0.3, 0.4) is 0 Å². The summed E-state index contributed by atoms with van der Waals surface area (Å²) in [5, 5.41) is 3.43. The van der Waals surface area contributed by atoms with Crippen molar-refractivity contribution in [1.29, 1.82) is 0 Å². The minimum Gasteiger partial charge on any atom is -0.493 e. The molecule has 3 aromatic rings. The van der Waals surface area contributed by atoms with E-state index >= 15 is 0 Å². The maximum Gasteiger partial charge on any atom is 0.203 e. The molecule has 0 unspecified atom stereocenters. The smallest absolute Gasteiger partial charge is 0.203 e. The van der Waals surface area contributed by atoms with Gasteiger partial charge in [-0.3, -0.25) is 0 Å². The highest BCUT2D eigenvalue weighted by atomic mass is 16.6. The van der Waals surface area contributed by atoms with E-state index in [4.69, 9.17) is 23.7 Å². The maximum absolute atomic E-state index is 6.72. The van der Waals surface area contributed by atoms with Gasteiger partial charge in [0, 0.05) is 13.1 Å². The minimum atomic E-state index is -0.631. The maximum atomic E-state index is 6.72. The molecule has 1 aliphatic heterocycles. The first-order valence-electron chi connectivity index (χ1n) is 11.2. The zero-order valence-corrected chi connectivity index (χ0v) is 19.2. The zero-order valence-electron chi connectivity index (χ0n) is 19.2. The summed E-state index contributed by atoms with van der Waals surface area (Å²) >= 11 is 0. The normalized spacial score (nSPS) is 17.3. The molecule has 0 amide bonds. The summed E-state index contributed by atoms with van der Waals surface area (Å²) in [4.78, 5) is 0. The molecule has 174 valence electrons. The van der Waals surface area contributed by atoms with E-state index in [0.717, 1.165) is 11.1 Å². The quantitative estimate of drug-likeness (QED) is 0.472. The Morgan fingerprint density at radius 2 is 1.45 bits per heavy atom. The molecule has 33 heavy (non-hydrogen) atoms. The van der Waals surface area contributed by atoms with E-state index in [-0.39, 0.29) is 6.10 Å². The van der Waals surface area contributed by atoms with Crippen LogP contribution in [-0.2, 0) is 15.1 Å². The highest BCUT2D eigenvalue weighted by Crippen LogP contribution is 2.38. The van der Waals surface area contributed by atoms with Gasteiger partial charge in [0.15, 0.2) is 11.5 Å². The summed E-state index contributed by atoms with van der Waals surface area (Å²) in [6.45, 7) is 2.77. The fraction of sp³-hybridized carbons (Fsp3) is 0.333. The summed E-state index contributed by atoms with van der Waals surface area (Å²) in [5.74, 6) is 1.90. The molecule has 1 fully saturated rings. The molecule has 4 rings (SSSR count). The third kappa shape index (κ3) is 5.30. The van der Waals surface area contributed by atoms with E-state index in [1.807, 2.05) is 54.6 Å². The number of benzene rings is 3. The summed E-state index contributed by atoms with van der Waals surface area (Å²) in [6, 6.07) is 26.1. The van der Waals surface area contributed by atoms with Crippen molar-refractivity contribution in [2.45, 2.75) is 11.7 Å². The summed E-state index contributed by atoms with van der Waals surface area (Å²) in [7, 11) is 3.23. The first kappa shape index (κ1) is 23.1. The molecule has 0 saturated carbocycles. The highest BCUT2D eigenvalue weighted by Gasteiger charge is 2.41. The average molecular weight is 450 g/mol. The fourth-order valence-electron chi connectivity index (χ4n) is 4.12. The molecule has 0 bridgehead atoms. The van der Waals surface area contributed by atoms with Crippen LogP contribution in [0.2, 0.25) is 0 Å². The number of hydrogen-bond acceptors (Lipinski definition) is 6.